The third-order valence-electron chi connectivity index (χ3n) is 9.20. The second-order valence-electron chi connectivity index (χ2n) is 13.8. The zero-order valence-corrected chi connectivity index (χ0v) is 32.1. The second kappa shape index (κ2) is 28.2. The Morgan fingerprint density at radius 1 is 0.692 bits per heavy atom. The highest BCUT2D eigenvalue weighted by Crippen LogP contribution is 2.22. The van der Waals surface area contributed by atoms with E-state index in [0.29, 0.717) is 30.2 Å². The summed E-state index contributed by atoms with van der Waals surface area (Å²) >= 11 is 0. The summed E-state index contributed by atoms with van der Waals surface area (Å²) in [7, 11) is 0. The lowest BCUT2D eigenvalue weighted by Crippen LogP contribution is -2.39. The van der Waals surface area contributed by atoms with Crippen LogP contribution in [0.25, 0.3) is 0 Å². The molecule has 0 aliphatic carbocycles. The Balaban J connectivity index is 1.28. The molecule has 0 bridgehead atoms. The first kappa shape index (κ1) is 43.0. The Hall–Kier alpha value is -3.38. The zero-order chi connectivity index (χ0) is 36.9. The molecule has 1 aliphatic heterocycles. The van der Waals surface area contributed by atoms with E-state index < -0.39 is 12.0 Å². The predicted octanol–water partition coefficient (Wildman–Crippen LogP) is 7.32. The summed E-state index contributed by atoms with van der Waals surface area (Å²) in [5, 5.41) is 22.0. The molecule has 0 radical (unpaired) electrons. The number of amides is 1. The molecule has 2 aromatic carbocycles. The maximum Gasteiger partial charge on any atom is 0.328 e. The Kier molecular flexibility index (Phi) is 23.3. The van der Waals surface area contributed by atoms with Gasteiger partial charge in [-0.3, -0.25) is 4.79 Å². The largest absolute Gasteiger partial charge is 0.494 e. The lowest BCUT2D eigenvalue weighted by atomic mass is 10.1. The van der Waals surface area contributed by atoms with Crippen molar-refractivity contribution in [1.82, 2.24) is 26.2 Å². The van der Waals surface area contributed by atoms with E-state index in [1.165, 1.54) is 51.4 Å². The van der Waals surface area contributed by atoms with Crippen LogP contribution in [0.5, 0.6) is 5.75 Å². The molecule has 11 nitrogen and oxygen atoms in total. The number of nitrogens with zero attached hydrogens (tertiary/aromatic N) is 3. The van der Waals surface area contributed by atoms with Crippen molar-refractivity contribution < 1.29 is 19.1 Å². The third kappa shape index (κ3) is 20.0. The number of nitrogens with one attached hydrogen (secondary N) is 4. The first-order chi connectivity index (χ1) is 25.5. The molecule has 3 rings (SSSR count). The van der Waals surface area contributed by atoms with Crippen LogP contribution in [0, 0.1) is 0 Å². The maximum atomic E-state index is 12.7. The minimum atomic E-state index is -0.724. The van der Waals surface area contributed by atoms with E-state index in [1.807, 2.05) is 24.3 Å². The molecule has 1 fully saturated rings. The standard InChI is InChI=1S/C41H67N7O4/c1-3-4-5-6-7-8-9-10-12-34-52-41(50)35(2)45-40(49)36-16-18-37(19-17-36)46-47-38-20-22-39(23-21-38)51-33-13-11-30-48-31-15-26-43-28-27-42-24-14-25-44-29-32-48/h16-23,35,42-44H,3-15,24-34H2,1-2H3,(H,45,49). The van der Waals surface area contributed by atoms with Crippen molar-refractivity contribution in [3.63, 3.8) is 0 Å². The summed E-state index contributed by atoms with van der Waals surface area (Å²) in [4.78, 5) is 27.6. The number of ether oxygens (including phenoxy) is 2. The summed E-state index contributed by atoms with van der Waals surface area (Å²) in [5.74, 6) is 0.0718. The Morgan fingerprint density at radius 3 is 1.94 bits per heavy atom. The van der Waals surface area contributed by atoms with Gasteiger partial charge >= 0.3 is 5.97 Å². The second-order valence-corrected chi connectivity index (χ2v) is 13.8. The highest BCUT2D eigenvalue weighted by Gasteiger charge is 2.18. The fourth-order valence-electron chi connectivity index (χ4n) is 5.97. The van der Waals surface area contributed by atoms with E-state index in [0.717, 1.165) is 96.8 Å². The van der Waals surface area contributed by atoms with Gasteiger partial charge in [0.15, 0.2) is 0 Å². The van der Waals surface area contributed by atoms with Gasteiger partial charge in [0.2, 0.25) is 0 Å². The van der Waals surface area contributed by atoms with E-state index in [-0.39, 0.29) is 5.91 Å². The molecule has 52 heavy (non-hydrogen) atoms. The van der Waals surface area contributed by atoms with Crippen LogP contribution in [0.2, 0.25) is 0 Å². The smallest absolute Gasteiger partial charge is 0.328 e. The van der Waals surface area contributed by atoms with Crippen LogP contribution in [0.3, 0.4) is 0 Å². The van der Waals surface area contributed by atoms with Gasteiger partial charge in [-0.2, -0.15) is 10.2 Å². The Bertz CT molecular complexity index is 1230. The highest BCUT2D eigenvalue weighted by molar-refractivity contribution is 5.96. The van der Waals surface area contributed by atoms with Gasteiger partial charge < -0.3 is 35.6 Å². The summed E-state index contributed by atoms with van der Waals surface area (Å²) in [6.07, 6.45) is 15.3. The van der Waals surface area contributed by atoms with Gasteiger partial charge in [-0.1, -0.05) is 58.3 Å². The van der Waals surface area contributed by atoms with E-state index in [4.69, 9.17) is 9.47 Å². The average Bonchev–Trinajstić information content (AvgIpc) is 3.16. The van der Waals surface area contributed by atoms with Gasteiger partial charge in [0.25, 0.3) is 5.91 Å². The number of rotatable bonds is 21. The van der Waals surface area contributed by atoms with Crippen LogP contribution in [0.1, 0.15) is 108 Å². The van der Waals surface area contributed by atoms with Crippen LogP contribution >= 0.6 is 0 Å². The topological polar surface area (TPSA) is 129 Å². The number of carbonyl (C=O) groups is 2. The van der Waals surface area contributed by atoms with Crippen molar-refractivity contribution in [2.75, 3.05) is 72.1 Å². The number of azo groups is 1. The first-order valence-corrected chi connectivity index (χ1v) is 20.1. The van der Waals surface area contributed by atoms with Crippen molar-refractivity contribution in [3.05, 3.63) is 54.1 Å². The number of unbranched alkanes of at least 4 members (excludes halogenated alkanes) is 9. The lowest BCUT2D eigenvalue weighted by Gasteiger charge is -2.23. The fourth-order valence-corrected chi connectivity index (χ4v) is 5.97. The van der Waals surface area contributed by atoms with Crippen molar-refractivity contribution >= 4 is 23.3 Å². The molecular weight excluding hydrogens is 654 g/mol. The van der Waals surface area contributed by atoms with Gasteiger partial charge in [-0.15, -0.1) is 0 Å². The number of benzene rings is 2. The monoisotopic (exact) mass is 722 g/mol. The van der Waals surface area contributed by atoms with Crippen LogP contribution in [-0.2, 0) is 9.53 Å². The Morgan fingerprint density at radius 2 is 1.27 bits per heavy atom. The first-order valence-electron chi connectivity index (χ1n) is 20.1. The highest BCUT2D eigenvalue weighted by atomic mass is 16.5. The number of hydrogen-bond acceptors (Lipinski definition) is 10. The number of hydrogen-bond donors (Lipinski definition) is 4. The van der Waals surface area contributed by atoms with Crippen LogP contribution in [-0.4, -0.2) is 94.9 Å². The Labute approximate surface area is 313 Å². The van der Waals surface area contributed by atoms with E-state index in [2.05, 4.69) is 43.3 Å². The molecular formula is C41H67N7O4. The van der Waals surface area contributed by atoms with Gasteiger partial charge in [0.05, 0.1) is 24.6 Å². The molecule has 1 heterocycles. The molecule has 1 aliphatic rings. The molecule has 290 valence electrons. The molecule has 1 saturated heterocycles. The lowest BCUT2D eigenvalue weighted by molar-refractivity contribution is -0.145. The molecule has 2 aromatic rings. The van der Waals surface area contributed by atoms with Gasteiger partial charge in [0.1, 0.15) is 11.8 Å². The summed E-state index contributed by atoms with van der Waals surface area (Å²) < 4.78 is 11.4. The van der Waals surface area contributed by atoms with Crippen LogP contribution in [0.4, 0.5) is 11.4 Å². The molecule has 0 saturated carbocycles. The molecule has 1 amide bonds. The average molecular weight is 722 g/mol. The summed E-state index contributed by atoms with van der Waals surface area (Å²) in [6, 6.07) is 13.7. The molecule has 1 atom stereocenters. The van der Waals surface area contributed by atoms with Crippen molar-refractivity contribution in [2.24, 2.45) is 10.2 Å². The molecule has 0 aromatic heterocycles. The van der Waals surface area contributed by atoms with Gasteiger partial charge in [0, 0.05) is 31.7 Å². The number of carbonyl (C=O) groups excluding carboxylic acids is 2. The maximum absolute atomic E-state index is 12.7. The minimum Gasteiger partial charge on any atom is -0.494 e. The van der Waals surface area contributed by atoms with E-state index >= 15 is 0 Å². The van der Waals surface area contributed by atoms with Gasteiger partial charge in [-0.25, -0.2) is 4.79 Å². The van der Waals surface area contributed by atoms with Crippen molar-refractivity contribution in [2.45, 2.75) is 103 Å². The molecule has 4 N–H and O–H groups in total. The number of esters is 1. The predicted molar refractivity (Wildman–Crippen MR) is 211 cm³/mol. The molecule has 11 heteroatoms. The summed E-state index contributed by atoms with van der Waals surface area (Å²) in [6.45, 7) is 14.6. The third-order valence-corrected chi connectivity index (χ3v) is 9.20. The summed E-state index contributed by atoms with van der Waals surface area (Å²) in [5.41, 5.74) is 1.78. The van der Waals surface area contributed by atoms with Crippen molar-refractivity contribution in [1.29, 1.82) is 0 Å². The van der Waals surface area contributed by atoms with Crippen LogP contribution < -0.4 is 26.0 Å². The minimum absolute atomic E-state index is 0.334. The van der Waals surface area contributed by atoms with Crippen LogP contribution in [0.15, 0.2) is 58.8 Å². The SMILES string of the molecule is CCCCCCCCCCCOC(=O)C(C)NC(=O)c1ccc(N=Nc2ccc(OCCCCN3CCCNCCNCCCNCC3)cc2)cc1. The van der Waals surface area contributed by atoms with Gasteiger partial charge in [-0.05, 0) is 120 Å². The quantitative estimate of drug-likeness (QED) is 0.0600. The fraction of sp³-hybridized carbons (Fsp3) is 0.659. The molecule has 0 spiro atoms. The molecule has 1 unspecified atom stereocenters. The van der Waals surface area contributed by atoms with E-state index in [1.54, 1.807) is 31.2 Å². The zero-order valence-electron chi connectivity index (χ0n) is 32.1. The normalized spacial score (nSPS) is 15.9. The van der Waals surface area contributed by atoms with E-state index in [9.17, 15) is 9.59 Å². The van der Waals surface area contributed by atoms with Crippen molar-refractivity contribution in [3.8, 4) is 5.75 Å².